The van der Waals surface area contributed by atoms with E-state index in [9.17, 15) is 5.11 Å². The summed E-state index contributed by atoms with van der Waals surface area (Å²) < 4.78 is 11.2. The lowest BCUT2D eigenvalue weighted by molar-refractivity contribution is 0.285. The van der Waals surface area contributed by atoms with E-state index < -0.39 is 0 Å². The minimum Gasteiger partial charge on any atom is -0.508 e. The number of hydrogen-bond donors (Lipinski definition) is 1. The van der Waals surface area contributed by atoms with E-state index in [1.807, 2.05) is 24.3 Å². The number of fused-ring (bicyclic) bond motifs is 2. The Kier molecular flexibility index (Phi) is 5.84. The smallest absolute Gasteiger partial charge is 0.165 e. The zero-order valence-corrected chi connectivity index (χ0v) is 15.6. The van der Waals surface area contributed by atoms with Crippen LogP contribution in [0.25, 0.3) is 0 Å². The number of phenols is 1. The van der Waals surface area contributed by atoms with Crippen LogP contribution in [0.4, 0.5) is 0 Å². The van der Waals surface area contributed by atoms with Crippen LogP contribution in [0.1, 0.15) is 22.3 Å². The van der Waals surface area contributed by atoms with Gasteiger partial charge in [0.05, 0.1) is 14.2 Å². The second kappa shape index (κ2) is 8.28. The molecule has 0 bridgehead atoms. The van der Waals surface area contributed by atoms with Gasteiger partial charge < -0.3 is 14.6 Å². The van der Waals surface area contributed by atoms with Gasteiger partial charge in [0.15, 0.2) is 11.5 Å². The van der Waals surface area contributed by atoms with Gasteiger partial charge in [-0.3, -0.25) is 4.90 Å². The summed E-state index contributed by atoms with van der Waals surface area (Å²) >= 11 is 0. The van der Waals surface area contributed by atoms with Crippen LogP contribution >= 0.6 is 0 Å². The summed E-state index contributed by atoms with van der Waals surface area (Å²) in [5.41, 5.74) is 4.99. The number of aromatic hydroxyl groups is 1. The Balaban J connectivity index is 2.05. The minimum absolute atomic E-state index is 0.336. The summed E-state index contributed by atoms with van der Waals surface area (Å²) in [6, 6.07) is 9.86. The molecule has 2 aromatic rings. The van der Waals surface area contributed by atoms with Crippen LogP contribution in [0.5, 0.6) is 17.2 Å². The van der Waals surface area contributed by atoms with Gasteiger partial charge in [-0.2, -0.15) is 0 Å². The summed E-state index contributed by atoms with van der Waals surface area (Å²) in [5, 5.41) is 9.87. The molecule has 0 saturated carbocycles. The Hall–Kier alpha value is -2.46. The molecule has 0 fully saturated rings. The minimum atomic E-state index is 0.336. The normalized spacial score (nSPS) is 14.8. The van der Waals surface area contributed by atoms with Gasteiger partial charge in [0.2, 0.25) is 0 Å². The maximum Gasteiger partial charge on any atom is 0.165 e. The van der Waals surface area contributed by atoms with Crippen molar-refractivity contribution in [2.75, 3.05) is 27.3 Å². The highest BCUT2D eigenvalue weighted by Crippen LogP contribution is 2.35. The Morgan fingerprint density at radius 1 is 1.04 bits per heavy atom. The molecule has 0 aromatic heterocycles. The number of phenolic OH excluding ortho intramolecular Hbond substituents is 1. The van der Waals surface area contributed by atoms with E-state index >= 15 is 0 Å². The fourth-order valence-corrected chi connectivity index (χ4v) is 3.72. The van der Waals surface area contributed by atoms with Crippen molar-refractivity contribution < 1.29 is 14.6 Å². The van der Waals surface area contributed by atoms with Gasteiger partial charge >= 0.3 is 0 Å². The SMILES string of the molecule is C=CCN1CCc2cc(O)ccc2CCc2ccc(OC)c(OC)c2C1. The highest BCUT2D eigenvalue weighted by atomic mass is 16.5. The second-order valence-corrected chi connectivity index (χ2v) is 6.67. The van der Waals surface area contributed by atoms with Crippen LogP contribution in [0.3, 0.4) is 0 Å². The van der Waals surface area contributed by atoms with Crippen molar-refractivity contribution >= 4 is 0 Å². The van der Waals surface area contributed by atoms with Crippen molar-refractivity contribution in [3.8, 4) is 17.2 Å². The van der Waals surface area contributed by atoms with E-state index in [2.05, 4.69) is 17.5 Å². The first-order valence-electron chi connectivity index (χ1n) is 9.03. The molecule has 0 aliphatic carbocycles. The molecule has 0 saturated heterocycles. The van der Waals surface area contributed by atoms with Gasteiger partial charge in [0, 0.05) is 25.2 Å². The Labute approximate surface area is 155 Å². The van der Waals surface area contributed by atoms with Crippen molar-refractivity contribution in [1.29, 1.82) is 0 Å². The predicted molar refractivity (Wildman–Crippen MR) is 104 cm³/mol. The molecule has 2 aromatic carbocycles. The summed E-state index contributed by atoms with van der Waals surface area (Å²) in [5.74, 6) is 1.93. The van der Waals surface area contributed by atoms with E-state index in [1.54, 1.807) is 20.3 Å². The molecule has 1 aliphatic rings. The number of hydrogen-bond acceptors (Lipinski definition) is 4. The van der Waals surface area contributed by atoms with Gasteiger partial charge in [-0.15, -0.1) is 6.58 Å². The standard InChI is InChI=1S/C22H27NO3/c1-4-12-23-13-11-18-14-19(24)9-7-16(18)5-6-17-8-10-21(25-2)22(26-3)20(17)15-23/h4,7-10,14,24H,1,5-6,11-13,15H2,2-3H3. The number of aryl methyl sites for hydroxylation is 2. The van der Waals surface area contributed by atoms with Crippen LogP contribution in [0, 0.1) is 0 Å². The molecule has 0 radical (unpaired) electrons. The van der Waals surface area contributed by atoms with E-state index in [4.69, 9.17) is 9.47 Å². The maximum atomic E-state index is 9.87. The third-order valence-electron chi connectivity index (χ3n) is 5.07. The molecule has 138 valence electrons. The third kappa shape index (κ3) is 3.86. The van der Waals surface area contributed by atoms with Crippen LogP contribution in [0.2, 0.25) is 0 Å². The van der Waals surface area contributed by atoms with Gasteiger partial charge in [0.1, 0.15) is 5.75 Å². The number of ether oxygens (including phenoxy) is 2. The zero-order valence-electron chi connectivity index (χ0n) is 15.6. The van der Waals surface area contributed by atoms with Gasteiger partial charge in [0.25, 0.3) is 0 Å². The molecule has 0 amide bonds. The quantitative estimate of drug-likeness (QED) is 0.851. The van der Waals surface area contributed by atoms with Crippen molar-refractivity contribution in [2.24, 2.45) is 0 Å². The van der Waals surface area contributed by atoms with Crippen LogP contribution in [-0.4, -0.2) is 37.3 Å². The molecular formula is C22H27NO3. The Morgan fingerprint density at radius 3 is 2.54 bits per heavy atom. The Bertz CT molecular complexity index is 785. The largest absolute Gasteiger partial charge is 0.508 e. The first kappa shape index (κ1) is 18.3. The lowest BCUT2D eigenvalue weighted by Gasteiger charge is -2.26. The maximum absolute atomic E-state index is 9.87. The number of nitrogens with zero attached hydrogens (tertiary/aromatic N) is 1. The van der Waals surface area contributed by atoms with E-state index in [0.717, 1.165) is 50.4 Å². The Morgan fingerprint density at radius 2 is 1.81 bits per heavy atom. The molecule has 1 heterocycles. The molecule has 0 spiro atoms. The number of rotatable bonds is 4. The highest BCUT2D eigenvalue weighted by Gasteiger charge is 2.19. The van der Waals surface area contributed by atoms with Gasteiger partial charge in [-0.1, -0.05) is 18.2 Å². The predicted octanol–water partition coefficient (Wildman–Crippen LogP) is 3.74. The average molecular weight is 353 g/mol. The fourth-order valence-electron chi connectivity index (χ4n) is 3.72. The van der Waals surface area contributed by atoms with Crippen LogP contribution in [0.15, 0.2) is 43.0 Å². The average Bonchev–Trinajstić information content (AvgIpc) is 2.65. The van der Waals surface area contributed by atoms with Crippen LogP contribution in [-0.2, 0) is 25.8 Å². The molecule has 1 N–H and O–H groups in total. The van der Waals surface area contributed by atoms with Crippen molar-refractivity contribution in [3.05, 3.63) is 65.2 Å². The van der Waals surface area contributed by atoms with Crippen molar-refractivity contribution in [3.63, 3.8) is 0 Å². The zero-order chi connectivity index (χ0) is 18.5. The molecule has 1 aliphatic heterocycles. The summed E-state index contributed by atoms with van der Waals surface area (Å²) in [4.78, 5) is 2.35. The summed E-state index contributed by atoms with van der Waals surface area (Å²) in [7, 11) is 3.38. The second-order valence-electron chi connectivity index (χ2n) is 6.67. The van der Waals surface area contributed by atoms with E-state index in [-0.39, 0.29) is 0 Å². The molecule has 0 atom stereocenters. The van der Waals surface area contributed by atoms with Crippen molar-refractivity contribution in [1.82, 2.24) is 4.90 Å². The molecular weight excluding hydrogens is 326 g/mol. The van der Waals surface area contributed by atoms with Gasteiger partial charge in [-0.25, -0.2) is 0 Å². The molecule has 26 heavy (non-hydrogen) atoms. The van der Waals surface area contributed by atoms with Gasteiger partial charge in [-0.05, 0) is 54.2 Å². The lowest BCUT2D eigenvalue weighted by Crippen LogP contribution is -2.27. The molecule has 0 unspecified atom stereocenters. The van der Waals surface area contributed by atoms with E-state index in [1.165, 1.54) is 22.3 Å². The van der Waals surface area contributed by atoms with Crippen LogP contribution < -0.4 is 9.47 Å². The number of methoxy groups -OCH3 is 2. The summed E-state index contributed by atoms with van der Waals surface area (Å²) in [6.07, 6.45) is 4.70. The lowest BCUT2D eigenvalue weighted by atomic mass is 9.93. The first-order chi connectivity index (χ1) is 12.7. The van der Waals surface area contributed by atoms with E-state index in [0.29, 0.717) is 5.75 Å². The third-order valence-corrected chi connectivity index (χ3v) is 5.07. The first-order valence-corrected chi connectivity index (χ1v) is 9.03. The topological polar surface area (TPSA) is 41.9 Å². The van der Waals surface area contributed by atoms with Crippen molar-refractivity contribution in [2.45, 2.75) is 25.8 Å². The fraction of sp³-hybridized carbons (Fsp3) is 0.364. The molecule has 4 nitrogen and oxygen atoms in total. The summed E-state index contributed by atoms with van der Waals surface area (Å²) in [6.45, 7) is 6.38. The molecule has 3 rings (SSSR count). The number of benzene rings is 2. The monoisotopic (exact) mass is 353 g/mol. The molecule has 4 heteroatoms. The highest BCUT2D eigenvalue weighted by molar-refractivity contribution is 5.51.